The van der Waals surface area contributed by atoms with E-state index in [1.807, 2.05) is 37.3 Å². The summed E-state index contributed by atoms with van der Waals surface area (Å²) < 4.78 is 51.6. The molecule has 0 radical (unpaired) electrons. The molecule has 1 N–H and O–H groups in total. The van der Waals surface area contributed by atoms with Crippen molar-refractivity contribution in [1.82, 2.24) is 20.2 Å². The van der Waals surface area contributed by atoms with Crippen molar-refractivity contribution < 1.29 is 27.4 Å². The quantitative estimate of drug-likeness (QED) is 0.298. The van der Waals surface area contributed by atoms with Gasteiger partial charge >= 0.3 is 6.18 Å². The van der Waals surface area contributed by atoms with Gasteiger partial charge in [-0.2, -0.15) is 18.4 Å². The van der Waals surface area contributed by atoms with Gasteiger partial charge in [0.25, 0.3) is 5.91 Å². The molecule has 9 nitrogen and oxygen atoms in total. The number of carbonyl (C=O) groups is 1. The zero-order valence-electron chi connectivity index (χ0n) is 26.6. The van der Waals surface area contributed by atoms with Gasteiger partial charge in [-0.1, -0.05) is 6.92 Å². The highest BCUT2D eigenvalue weighted by Crippen LogP contribution is 2.37. The van der Waals surface area contributed by atoms with E-state index < -0.39 is 11.7 Å². The average molecular weight is 649 g/mol. The number of alkyl halides is 3. The van der Waals surface area contributed by atoms with Crippen molar-refractivity contribution in [2.45, 2.75) is 70.3 Å². The van der Waals surface area contributed by atoms with Gasteiger partial charge in [0.1, 0.15) is 17.9 Å². The van der Waals surface area contributed by atoms with Crippen molar-refractivity contribution in [3.63, 3.8) is 0 Å². The maximum atomic E-state index is 14.1. The van der Waals surface area contributed by atoms with Crippen molar-refractivity contribution in [3.05, 3.63) is 65.5 Å². The third-order valence-electron chi connectivity index (χ3n) is 9.56. The number of aromatic nitrogens is 2. The fraction of sp³-hybridized carbons (Fsp3) is 0.486. The number of amides is 1. The highest BCUT2D eigenvalue weighted by molar-refractivity contribution is 5.99. The highest BCUT2D eigenvalue weighted by Gasteiger charge is 2.37. The first-order valence-corrected chi connectivity index (χ1v) is 16.4. The number of fused-ring (bicyclic) bond motifs is 3. The number of piperidine rings is 4. The fourth-order valence-electron chi connectivity index (χ4n) is 7.10. The molecule has 4 saturated heterocycles. The van der Waals surface area contributed by atoms with Crippen LogP contribution in [-0.2, 0) is 6.18 Å². The largest absolute Gasteiger partial charge is 0.489 e. The predicted molar refractivity (Wildman–Crippen MR) is 170 cm³/mol. The number of nitriles is 1. The highest BCUT2D eigenvalue weighted by atomic mass is 19.4. The third kappa shape index (κ3) is 7.00. The molecule has 7 rings (SSSR count). The lowest BCUT2D eigenvalue weighted by Crippen LogP contribution is -2.57. The minimum absolute atomic E-state index is 0.0397. The number of hydrogen-bond acceptors (Lipinski definition) is 8. The lowest BCUT2D eigenvalue weighted by Gasteiger charge is -2.45. The van der Waals surface area contributed by atoms with Crippen molar-refractivity contribution in [1.29, 1.82) is 5.26 Å². The standard InChI is InChI=1S/C35H39F3N6O3/c1-3-25-19-26(47-31-10-7-24(35(36,37)38)18-23(31)20-39)13-17-44(25)30-9-8-28(27-6-5-14-40-34(27)46-4-2)41-32(30)33(45)42-29-21-43-15-11-22(29)12-16-43/h5-10,14,18,22,25-26,29H,3-4,11-13,15-17,19,21H2,1-2H3,(H,42,45)/t25-,26-,29+/m0/s1. The molecule has 0 saturated carbocycles. The molecule has 12 heteroatoms. The van der Waals surface area contributed by atoms with E-state index in [2.05, 4.69) is 27.0 Å². The third-order valence-corrected chi connectivity index (χ3v) is 9.56. The van der Waals surface area contributed by atoms with E-state index in [0.717, 1.165) is 51.0 Å². The number of carbonyl (C=O) groups excluding carboxylic acids is 1. The molecule has 0 spiro atoms. The van der Waals surface area contributed by atoms with Crippen LogP contribution < -0.4 is 19.7 Å². The first kappa shape index (κ1) is 32.6. The van der Waals surface area contributed by atoms with E-state index >= 15 is 0 Å². The van der Waals surface area contributed by atoms with Crippen LogP contribution in [0.4, 0.5) is 18.9 Å². The van der Waals surface area contributed by atoms with Gasteiger partial charge in [0.05, 0.1) is 34.7 Å². The second kappa shape index (κ2) is 13.8. The Hall–Kier alpha value is -4.37. The molecule has 3 aromatic rings. The van der Waals surface area contributed by atoms with Crippen LogP contribution in [0.2, 0.25) is 0 Å². The first-order valence-electron chi connectivity index (χ1n) is 16.4. The molecule has 4 aliphatic rings. The SMILES string of the molecule is CCOc1ncccc1-c1ccc(N2CC[C@H](Oc3ccc(C(F)(F)F)cc3C#N)C[C@@H]2CC)c(C(=O)N[C@@H]2CN3CCC2CC3)n1. The van der Waals surface area contributed by atoms with Crippen molar-refractivity contribution in [3.8, 4) is 29.0 Å². The molecule has 3 atom stereocenters. The molecular formula is C35H39F3N6O3. The van der Waals surface area contributed by atoms with Crippen LogP contribution in [0.15, 0.2) is 48.7 Å². The normalized spacial score (nSPS) is 24.0. The number of anilines is 1. The van der Waals surface area contributed by atoms with Gasteiger partial charge in [-0.3, -0.25) is 4.79 Å². The number of halogens is 3. The lowest BCUT2D eigenvalue weighted by atomic mass is 9.84. The molecule has 0 unspecified atom stereocenters. The second-order valence-electron chi connectivity index (χ2n) is 12.4. The number of hydrogen-bond donors (Lipinski definition) is 1. The minimum Gasteiger partial charge on any atom is -0.489 e. The van der Waals surface area contributed by atoms with Crippen LogP contribution in [-0.4, -0.2) is 71.7 Å². The fourth-order valence-corrected chi connectivity index (χ4v) is 7.10. The molecule has 248 valence electrons. The number of nitrogens with one attached hydrogen (secondary N) is 1. The summed E-state index contributed by atoms with van der Waals surface area (Å²) in [5.74, 6) is 0.805. The molecule has 2 bridgehead atoms. The Bertz CT molecular complexity index is 1640. The molecule has 6 heterocycles. The monoisotopic (exact) mass is 648 g/mol. The molecule has 47 heavy (non-hydrogen) atoms. The Balaban J connectivity index is 1.28. The van der Waals surface area contributed by atoms with E-state index in [9.17, 15) is 23.2 Å². The van der Waals surface area contributed by atoms with Gasteiger partial charge in [0.2, 0.25) is 5.88 Å². The molecule has 1 aromatic carbocycles. The maximum Gasteiger partial charge on any atom is 0.416 e. The summed E-state index contributed by atoms with van der Waals surface area (Å²) in [4.78, 5) is 28.0. The van der Waals surface area contributed by atoms with Gasteiger partial charge < -0.3 is 24.6 Å². The average Bonchev–Trinajstić information content (AvgIpc) is 3.08. The first-order chi connectivity index (χ1) is 22.7. The summed E-state index contributed by atoms with van der Waals surface area (Å²) >= 11 is 0. The van der Waals surface area contributed by atoms with E-state index in [0.29, 0.717) is 60.4 Å². The van der Waals surface area contributed by atoms with Crippen molar-refractivity contribution in [2.75, 3.05) is 37.7 Å². The zero-order chi connectivity index (χ0) is 33.1. The topological polar surface area (TPSA) is 104 Å². The zero-order valence-corrected chi connectivity index (χ0v) is 26.6. The Kier molecular flexibility index (Phi) is 9.55. The summed E-state index contributed by atoms with van der Waals surface area (Å²) in [5.41, 5.74) is 1.29. The van der Waals surface area contributed by atoms with Gasteiger partial charge in [0, 0.05) is 44.2 Å². The van der Waals surface area contributed by atoms with Crippen molar-refractivity contribution in [2.24, 2.45) is 5.92 Å². The smallest absolute Gasteiger partial charge is 0.416 e. The molecule has 4 aliphatic heterocycles. The van der Waals surface area contributed by atoms with Crippen LogP contribution in [0, 0.1) is 17.2 Å². The Morgan fingerprint density at radius 3 is 2.60 bits per heavy atom. The molecular weight excluding hydrogens is 609 g/mol. The van der Waals surface area contributed by atoms with E-state index in [4.69, 9.17) is 14.5 Å². The second-order valence-corrected chi connectivity index (χ2v) is 12.4. The lowest BCUT2D eigenvalue weighted by molar-refractivity contribution is -0.137. The summed E-state index contributed by atoms with van der Waals surface area (Å²) in [6.07, 6.45) is 0.757. The Labute approximate surface area is 272 Å². The van der Waals surface area contributed by atoms with Crippen molar-refractivity contribution >= 4 is 11.6 Å². The van der Waals surface area contributed by atoms with Crippen LogP contribution in [0.1, 0.15) is 67.6 Å². The molecule has 1 amide bonds. The number of ether oxygens (including phenoxy) is 2. The van der Waals surface area contributed by atoms with Gasteiger partial charge in [-0.15, -0.1) is 0 Å². The van der Waals surface area contributed by atoms with Crippen LogP contribution >= 0.6 is 0 Å². The van der Waals surface area contributed by atoms with E-state index in [1.165, 1.54) is 6.07 Å². The maximum absolute atomic E-state index is 14.1. The Morgan fingerprint density at radius 2 is 1.91 bits per heavy atom. The number of nitrogens with zero attached hydrogens (tertiary/aromatic N) is 5. The van der Waals surface area contributed by atoms with Crippen LogP contribution in [0.5, 0.6) is 11.6 Å². The van der Waals surface area contributed by atoms with Gasteiger partial charge in [-0.05, 0) is 87.7 Å². The molecule has 2 aromatic heterocycles. The van der Waals surface area contributed by atoms with Crippen LogP contribution in [0.25, 0.3) is 11.3 Å². The summed E-state index contributed by atoms with van der Waals surface area (Å²) in [5, 5.41) is 12.9. The summed E-state index contributed by atoms with van der Waals surface area (Å²) in [7, 11) is 0. The predicted octanol–water partition coefficient (Wildman–Crippen LogP) is 6.08. The van der Waals surface area contributed by atoms with Gasteiger partial charge in [0.15, 0.2) is 5.69 Å². The number of benzene rings is 1. The van der Waals surface area contributed by atoms with E-state index in [1.54, 1.807) is 6.20 Å². The summed E-state index contributed by atoms with van der Waals surface area (Å²) in [6.45, 7) is 7.87. The number of pyridine rings is 2. The Morgan fingerprint density at radius 1 is 1.11 bits per heavy atom. The van der Waals surface area contributed by atoms with E-state index in [-0.39, 0.29) is 35.4 Å². The van der Waals surface area contributed by atoms with Gasteiger partial charge in [-0.25, -0.2) is 9.97 Å². The summed E-state index contributed by atoms with van der Waals surface area (Å²) in [6, 6.07) is 12.4. The number of rotatable bonds is 9. The molecule has 0 aliphatic carbocycles. The minimum atomic E-state index is -4.55. The molecule has 4 fully saturated rings. The van der Waals surface area contributed by atoms with Crippen LogP contribution in [0.3, 0.4) is 0 Å².